The fourth-order valence-corrected chi connectivity index (χ4v) is 2.46. The van der Waals surface area contributed by atoms with Crippen molar-refractivity contribution in [3.05, 3.63) is 63.6 Å². The van der Waals surface area contributed by atoms with E-state index in [0.717, 1.165) is 0 Å². The molecule has 132 valence electrons. The first-order valence-electron chi connectivity index (χ1n) is 7.26. The third kappa shape index (κ3) is 3.84. The summed E-state index contributed by atoms with van der Waals surface area (Å²) in [5.74, 6) is -0.848. The van der Waals surface area contributed by atoms with E-state index in [0.29, 0.717) is 26.7 Å². The Kier molecular flexibility index (Phi) is 5.20. The fraction of sp³-hybridized carbons (Fsp3) is 0.0588. The summed E-state index contributed by atoms with van der Waals surface area (Å²) in [6.45, 7) is 0. The fourth-order valence-electron chi connectivity index (χ4n) is 2.09. The molecule has 0 saturated heterocycles. The number of hydrogen-bond acceptors (Lipinski definition) is 6. The van der Waals surface area contributed by atoms with E-state index in [4.69, 9.17) is 27.6 Å². The molecular formula is C17H11Cl2N3O4. The Morgan fingerprint density at radius 3 is 2.42 bits per heavy atom. The van der Waals surface area contributed by atoms with Gasteiger partial charge in [-0.15, -0.1) is 5.10 Å². The Morgan fingerprint density at radius 2 is 1.73 bits per heavy atom. The molecule has 1 heterocycles. The number of benzene rings is 2. The van der Waals surface area contributed by atoms with Crippen molar-refractivity contribution in [2.75, 3.05) is 12.4 Å². The monoisotopic (exact) mass is 391 g/mol. The van der Waals surface area contributed by atoms with Gasteiger partial charge in [0.2, 0.25) is 0 Å². The number of carbonyl (C=O) groups is 2. The van der Waals surface area contributed by atoms with E-state index in [2.05, 4.69) is 20.3 Å². The average Bonchev–Trinajstić information content (AvgIpc) is 3.11. The molecule has 0 atom stereocenters. The molecular weight excluding hydrogens is 381 g/mol. The van der Waals surface area contributed by atoms with Crippen LogP contribution >= 0.6 is 23.2 Å². The number of halogens is 2. The highest BCUT2D eigenvalue weighted by Crippen LogP contribution is 2.30. The van der Waals surface area contributed by atoms with E-state index in [1.165, 1.54) is 31.4 Å². The Balaban J connectivity index is 1.75. The first-order valence-corrected chi connectivity index (χ1v) is 8.02. The van der Waals surface area contributed by atoms with Gasteiger partial charge in [-0.1, -0.05) is 28.3 Å². The van der Waals surface area contributed by atoms with Crippen molar-refractivity contribution in [3.63, 3.8) is 0 Å². The van der Waals surface area contributed by atoms with Crippen LogP contribution in [0.5, 0.6) is 0 Å². The predicted molar refractivity (Wildman–Crippen MR) is 95.5 cm³/mol. The minimum Gasteiger partial charge on any atom is -0.465 e. The van der Waals surface area contributed by atoms with Crippen LogP contribution in [-0.4, -0.2) is 29.2 Å². The molecule has 1 aromatic heterocycles. The number of methoxy groups -OCH3 is 1. The molecule has 0 fully saturated rings. The maximum atomic E-state index is 12.2. The van der Waals surface area contributed by atoms with Crippen LogP contribution in [0.2, 0.25) is 10.0 Å². The van der Waals surface area contributed by atoms with Crippen LogP contribution in [0.4, 0.5) is 6.01 Å². The maximum Gasteiger partial charge on any atom is 0.337 e. The molecule has 3 aromatic rings. The Hall–Kier alpha value is -2.90. The van der Waals surface area contributed by atoms with Crippen LogP contribution in [0.15, 0.2) is 46.9 Å². The number of nitrogens with zero attached hydrogens (tertiary/aromatic N) is 2. The number of carbonyl (C=O) groups excluding carboxylic acids is 2. The molecule has 0 unspecified atom stereocenters. The lowest BCUT2D eigenvalue weighted by Gasteiger charge is -2.02. The van der Waals surface area contributed by atoms with Crippen molar-refractivity contribution < 1.29 is 18.7 Å². The van der Waals surface area contributed by atoms with E-state index >= 15 is 0 Å². The van der Waals surface area contributed by atoms with Gasteiger partial charge in [0, 0.05) is 10.6 Å². The predicted octanol–water partition coefficient (Wildman–Crippen LogP) is 4.08. The van der Waals surface area contributed by atoms with E-state index in [1.54, 1.807) is 18.2 Å². The zero-order valence-electron chi connectivity index (χ0n) is 13.3. The third-order valence-electron chi connectivity index (χ3n) is 3.37. The number of ether oxygens (including phenoxy) is 1. The quantitative estimate of drug-likeness (QED) is 0.673. The molecule has 0 spiro atoms. The summed E-state index contributed by atoms with van der Waals surface area (Å²) < 4.78 is 10.0. The zero-order valence-corrected chi connectivity index (χ0v) is 14.8. The zero-order chi connectivity index (χ0) is 18.7. The van der Waals surface area contributed by atoms with Gasteiger partial charge in [-0.3, -0.25) is 10.1 Å². The molecule has 0 saturated carbocycles. The van der Waals surface area contributed by atoms with E-state index in [-0.39, 0.29) is 11.9 Å². The van der Waals surface area contributed by atoms with Gasteiger partial charge < -0.3 is 9.15 Å². The summed E-state index contributed by atoms with van der Waals surface area (Å²) in [6.07, 6.45) is 0. The molecule has 26 heavy (non-hydrogen) atoms. The number of amides is 1. The molecule has 0 aliphatic carbocycles. The highest BCUT2D eigenvalue weighted by Gasteiger charge is 2.15. The minimum absolute atomic E-state index is 0.0990. The molecule has 3 rings (SSSR count). The van der Waals surface area contributed by atoms with Gasteiger partial charge in [0.05, 0.1) is 23.3 Å². The molecule has 0 bridgehead atoms. The van der Waals surface area contributed by atoms with Crippen molar-refractivity contribution in [1.82, 2.24) is 10.2 Å². The Morgan fingerprint density at radius 1 is 1.04 bits per heavy atom. The van der Waals surface area contributed by atoms with Crippen LogP contribution in [0.25, 0.3) is 11.5 Å². The number of rotatable bonds is 4. The largest absolute Gasteiger partial charge is 0.465 e. The van der Waals surface area contributed by atoms with Crippen molar-refractivity contribution >= 4 is 41.1 Å². The summed E-state index contributed by atoms with van der Waals surface area (Å²) in [5.41, 5.74) is 1.09. The normalized spacial score (nSPS) is 10.4. The van der Waals surface area contributed by atoms with Crippen molar-refractivity contribution in [2.24, 2.45) is 0 Å². The third-order valence-corrected chi connectivity index (χ3v) is 3.94. The summed E-state index contributed by atoms with van der Waals surface area (Å²) in [5, 5.41) is 10.9. The van der Waals surface area contributed by atoms with Crippen LogP contribution in [0.3, 0.4) is 0 Å². The van der Waals surface area contributed by atoms with E-state index in [9.17, 15) is 9.59 Å². The lowest BCUT2D eigenvalue weighted by Crippen LogP contribution is -2.12. The summed E-state index contributed by atoms with van der Waals surface area (Å²) in [4.78, 5) is 23.6. The Labute approximate surface area is 157 Å². The number of nitrogens with one attached hydrogen (secondary N) is 1. The van der Waals surface area contributed by atoms with Gasteiger partial charge in [0.1, 0.15) is 0 Å². The SMILES string of the molecule is COC(=O)c1ccc(C(=O)Nc2nnc(-c3cc(Cl)ccc3Cl)o2)cc1. The van der Waals surface area contributed by atoms with Crippen LogP contribution in [0.1, 0.15) is 20.7 Å². The minimum atomic E-state index is -0.489. The average molecular weight is 392 g/mol. The first-order chi connectivity index (χ1) is 12.5. The topological polar surface area (TPSA) is 94.3 Å². The second kappa shape index (κ2) is 7.55. The number of aromatic nitrogens is 2. The van der Waals surface area contributed by atoms with Gasteiger partial charge in [0.15, 0.2) is 0 Å². The lowest BCUT2D eigenvalue weighted by atomic mass is 10.1. The standard InChI is InChI=1S/C17H11Cl2N3O4/c1-25-16(24)10-4-2-9(3-5-10)14(23)20-17-22-21-15(26-17)12-8-11(18)6-7-13(12)19/h2-8H,1H3,(H,20,22,23). The highest BCUT2D eigenvalue weighted by molar-refractivity contribution is 6.35. The van der Waals surface area contributed by atoms with Crippen LogP contribution in [0, 0.1) is 0 Å². The van der Waals surface area contributed by atoms with Crippen LogP contribution in [-0.2, 0) is 4.74 Å². The molecule has 1 amide bonds. The van der Waals surface area contributed by atoms with Crippen molar-refractivity contribution in [2.45, 2.75) is 0 Å². The van der Waals surface area contributed by atoms with Crippen molar-refractivity contribution in [1.29, 1.82) is 0 Å². The van der Waals surface area contributed by atoms with Gasteiger partial charge in [0.25, 0.3) is 11.8 Å². The van der Waals surface area contributed by atoms with E-state index in [1.807, 2.05) is 0 Å². The highest BCUT2D eigenvalue weighted by atomic mass is 35.5. The molecule has 2 aromatic carbocycles. The summed E-state index contributed by atoms with van der Waals surface area (Å²) in [6, 6.07) is 10.6. The molecule has 0 aliphatic heterocycles. The molecule has 1 N–H and O–H groups in total. The van der Waals surface area contributed by atoms with Gasteiger partial charge in [-0.25, -0.2) is 4.79 Å². The molecule has 0 radical (unpaired) electrons. The number of hydrogen-bond donors (Lipinski definition) is 1. The number of esters is 1. The lowest BCUT2D eigenvalue weighted by molar-refractivity contribution is 0.0600. The smallest absolute Gasteiger partial charge is 0.337 e. The second-order valence-electron chi connectivity index (χ2n) is 5.06. The van der Waals surface area contributed by atoms with Gasteiger partial charge in [-0.05, 0) is 42.5 Å². The van der Waals surface area contributed by atoms with Crippen molar-refractivity contribution in [3.8, 4) is 11.5 Å². The first kappa shape index (κ1) is 17.9. The summed E-state index contributed by atoms with van der Waals surface area (Å²) >= 11 is 12.0. The van der Waals surface area contributed by atoms with E-state index < -0.39 is 11.9 Å². The second-order valence-corrected chi connectivity index (χ2v) is 5.90. The Bertz CT molecular complexity index is 970. The van der Waals surface area contributed by atoms with Gasteiger partial charge >= 0.3 is 12.0 Å². The molecule has 0 aliphatic rings. The van der Waals surface area contributed by atoms with Gasteiger partial charge in [-0.2, -0.15) is 0 Å². The summed E-state index contributed by atoms with van der Waals surface area (Å²) in [7, 11) is 1.28. The van der Waals surface area contributed by atoms with Crippen LogP contribution < -0.4 is 5.32 Å². The molecule has 7 nitrogen and oxygen atoms in total. The number of anilines is 1. The molecule has 9 heteroatoms. The maximum absolute atomic E-state index is 12.2.